The van der Waals surface area contributed by atoms with Crippen molar-refractivity contribution < 1.29 is 49.1 Å². The summed E-state index contributed by atoms with van der Waals surface area (Å²) in [5, 5.41) is 0. The quantitative estimate of drug-likeness (QED) is 0.239. The molecule has 0 aliphatic rings. The van der Waals surface area contributed by atoms with Crippen LogP contribution in [0.4, 0.5) is 0 Å². The molecule has 0 saturated carbocycles. The van der Waals surface area contributed by atoms with Gasteiger partial charge in [-0.1, -0.05) is 82.9 Å². The largest absolute Gasteiger partial charge is 1.00 e. The van der Waals surface area contributed by atoms with E-state index in [9.17, 15) is 4.57 Å². The molecule has 26 heavy (non-hydrogen) atoms. The zero-order valence-electron chi connectivity index (χ0n) is 18.0. The van der Waals surface area contributed by atoms with Crippen molar-refractivity contribution in [2.24, 2.45) is 0 Å². The number of hydrogen-bond donors (Lipinski definition) is 0. The molecule has 0 bridgehead atoms. The van der Waals surface area contributed by atoms with Gasteiger partial charge in [-0.15, -0.1) is 0 Å². The Labute approximate surface area is 183 Å². The first-order valence-electron chi connectivity index (χ1n) is 9.84. The van der Waals surface area contributed by atoms with Gasteiger partial charge >= 0.3 is 37.4 Å². The molecule has 0 amide bonds. The van der Waals surface area contributed by atoms with Crippen molar-refractivity contribution in [2.45, 2.75) is 78.1 Å². The predicted octanol–water partition coefficient (Wildman–Crippen LogP) is 4.26. The van der Waals surface area contributed by atoms with Gasteiger partial charge in [-0.3, -0.25) is 9.05 Å². The molecule has 4 nitrogen and oxygen atoms in total. The van der Waals surface area contributed by atoms with Crippen LogP contribution in [0.3, 0.4) is 0 Å². The first-order chi connectivity index (χ1) is 12.2. The number of hydrogen-bond acceptors (Lipinski definition) is 4. The minimum atomic E-state index is -3.52. The van der Waals surface area contributed by atoms with Gasteiger partial charge in [-0.25, -0.2) is 4.57 Å². The minimum Gasteiger partial charge on any atom is -1.00 e. The summed E-state index contributed by atoms with van der Waals surface area (Å²) in [6, 6.07) is 9.02. The van der Waals surface area contributed by atoms with E-state index in [1.165, 1.54) is 51.4 Å². The molecule has 0 spiro atoms. The van der Waals surface area contributed by atoms with E-state index in [0.717, 1.165) is 12.8 Å². The smallest absolute Gasteiger partial charge is 1.00 e. The van der Waals surface area contributed by atoms with Gasteiger partial charge in [0.05, 0.1) is 13.2 Å². The molecule has 0 saturated heterocycles. The van der Waals surface area contributed by atoms with E-state index < -0.39 is 7.82 Å². The van der Waals surface area contributed by atoms with Crippen LogP contribution in [0, 0.1) is 0 Å². The standard InChI is InChI=1S/C20H35O4P.Na.H/c1-3-5-6-7-8-9-10-11-12-16-19-23-25(21,22-4-2)24-20-17-14-13-15-18-20;;/h13-15,17-18H,3-12,16,19H2,1-2H3;;/q;+1;-1. The van der Waals surface area contributed by atoms with Crippen LogP contribution in [0.1, 0.15) is 79.5 Å². The molecule has 1 atom stereocenters. The van der Waals surface area contributed by atoms with Gasteiger partial charge in [0.25, 0.3) is 0 Å². The molecule has 1 aromatic rings. The Morgan fingerprint density at radius 2 is 1.35 bits per heavy atom. The summed E-state index contributed by atoms with van der Waals surface area (Å²) in [6.07, 6.45) is 12.5. The maximum atomic E-state index is 12.6. The molecule has 1 rings (SSSR count). The van der Waals surface area contributed by atoms with Crippen LogP contribution in [0.25, 0.3) is 0 Å². The monoisotopic (exact) mass is 394 g/mol. The summed E-state index contributed by atoms with van der Waals surface area (Å²) in [4.78, 5) is 0. The van der Waals surface area contributed by atoms with E-state index in [1.54, 1.807) is 19.1 Å². The first kappa shape index (κ1) is 26.2. The molecule has 1 unspecified atom stereocenters. The maximum absolute atomic E-state index is 12.6. The van der Waals surface area contributed by atoms with E-state index in [2.05, 4.69) is 6.92 Å². The Hall–Kier alpha value is 0.170. The normalized spacial score (nSPS) is 13.0. The van der Waals surface area contributed by atoms with E-state index >= 15 is 0 Å². The number of phosphoric ester groups is 1. The van der Waals surface area contributed by atoms with Gasteiger partial charge in [0.2, 0.25) is 0 Å². The van der Waals surface area contributed by atoms with Crippen molar-refractivity contribution in [3.63, 3.8) is 0 Å². The molecule has 1 aromatic carbocycles. The second-order valence-corrected chi connectivity index (χ2v) is 7.88. The average molecular weight is 394 g/mol. The number of para-hydroxylation sites is 1. The third-order valence-electron chi connectivity index (χ3n) is 3.99. The van der Waals surface area contributed by atoms with Crippen LogP contribution in [0.2, 0.25) is 0 Å². The van der Waals surface area contributed by atoms with Crippen LogP contribution in [0.5, 0.6) is 5.75 Å². The molecule has 146 valence electrons. The summed E-state index contributed by atoms with van der Waals surface area (Å²) in [6.45, 7) is 4.73. The fourth-order valence-electron chi connectivity index (χ4n) is 2.62. The third-order valence-corrected chi connectivity index (χ3v) is 5.50. The van der Waals surface area contributed by atoms with E-state index in [1.807, 2.05) is 18.2 Å². The Kier molecular flexibility index (Phi) is 17.4. The first-order valence-corrected chi connectivity index (χ1v) is 11.3. The van der Waals surface area contributed by atoms with Crippen LogP contribution < -0.4 is 34.1 Å². The zero-order chi connectivity index (χ0) is 18.2. The number of benzene rings is 1. The SMILES string of the molecule is CCCCCCCCCCCCOP(=O)(OCC)Oc1ccccc1.[H-].[Na+]. The van der Waals surface area contributed by atoms with E-state index in [-0.39, 0.29) is 31.0 Å². The molecule has 0 radical (unpaired) electrons. The van der Waals surface area contributed by atoms with Gasteiger partial charge in [-0.05, 0) is 25.5 Å². The van der Waals surface area contributed by atoms with Crippen molar-refractivity contribution in [1.29, 1.82) is 0 Å². The fraction of sp³-hybridized carbons (Fsp3) is 0.700. The summed E-state index contributed by atoms with van der Waals surface area (Å²) < 4.78 is 28.7. The molecule has 0 aromatic heterocycles. The van der Waals surface area contributed by atoms with Crippen LogP contribution in [-0.2, 0) is 13.6 Å². The predicted molar refractivity (Wildman–Crippen MR) is 105 cm³/mol. The van der Waals surface area contributed by atoms with Crippen molar-refractivity contribution >= 4 is 7.82 Å². The number of phosphoric acid groups is 1. The molecule has 6 heteroatoms. The average Bonchev–Trinajstić information content (AvgIpc) is 2.61. The molecule has 0 N–H and O–H groups in total. The van der Waals surface area contributed by atoms with Crippen molar-refractivity contribution in [3.05, 3.63) is 30.3 Å². The second-order valence-electron chi connectivity index (χ2n) is 6.28. The number of rotatable bonds is 16. The molecule has 0 aliphatic carbocycles. The molecule has 0 fully saturated rings. The van der Waals surface area contributed by atoms with Crippen LogP contribution in [0.15, 0.2) is 30.3 Å². The molecule has 0 heterocycles. The van der Waals surface area contributed by atoms with Gasteiger partial charge in [-0.2, -0.15) is 0 Å². The van der Waals surface area contributed by atoms with Crippen LogP contribution in [-0.4, -0.2) is 13.2 Å². The van der Waals surface area contributed by atoms with Gasteiger partial charge < -0.3 is 5.95 Å². The van der Waals surface area contributed by atoms with Gasteiger partial charge in [0.15, 0.2) is 0 Å². The maximum Gasteiger partial charge on any atom is 1.00 e. The Morgan fingerprint density at radius 3 is 1.88 bits per heavy atom. The van der Waals surface area contributed by atoms with Gasteiger partial charge in [0.1, 0.15) is 5.75 Å². The van der Waals surface area contributed by atoms with Gasteiger partial charge in [0, 0.05) is 0 Å². The summed E-state index contributed by atoms with van der Waals surface area (Å²) in [5.41, 5.74) is 0. The number of unbranched alkanes of at least 4 members (excludes halogenated alkanes) is 9. The molecular weight excluding hydrogens is 358 g/mol. The Balaban J connectivity index is 0. The Bertz CT molecular complexity index is 476. The van der Waals surface area contributed by atoms with Crippen molar-refractivity contribution in [2.75, 3.05) is 13.2 Å². The summed E-state index contributed by atoms with van der Waals surface area (Å²) >= 11 is 0. The molecular formula is C20H36NaO4P. The minimum absolute atomic E-state index is 0. The summed E-state index contributed by atoms with van der Waals surface area (Å²) in [7, 11) is -3.52. The van der Waals surface area contributed by atoms with E-state index in [4.69, 9.17) is 13.6 Å². The van der Waals surface area contributed by atoms with Crippen molar-refractivity contribution in [1.82, 2.24) is 0 Å². The second kappa shape index (κ2) is 17.3. The third kappa shape index (κ3) is 13.4. The zero-order valence-corrected chi connectivity index (χ0v) is 19.8. The fourth-order valence-corrected chi connectivity index (χ4v) is 3.85. The van der Waals surface area contributed by atoms with Crippen LogP contribution >= 0.6 is 7.82 Å². The topological polar surface area (TPSA) is 44.8 Å². The summed E-state index contributed by atoms with van der Waals surface area (Å²) in [5.74, 6) is 0.502. The van der Waals surface area contributed by atoms with E-state index in [0.29, 0.717) is 19.0 Å². The molecule has 0 aliphatic heterocycles. The Morgan fingerprint density at radius 1 is 0.808 bits per heavy atom. The van der Waals surface area contributed by atoms with Crippen molar-refractivity contribution in [3.8, 4) is 5.75 Å².